The number of aromatic amines is 1. The lowest BCUT2D eigenvalue weighted by Gasteiger charge is -2.49. The van der Waals surface area contributed by atoms with Gasteiger partial charge in [-0.05, 0) is 31.4 Å². The first-order chi connectivity index (χ1) is 12.7. The largest absolute Gasteiger partial charge is 0.497 e. The smallest absolute Gasteiger partial charge is 0.337 e. The van der Waals surface area contributed by atoms with Crippen molar-refractivity contribution in [3.8, 4) is 0 Å². The van der Waals surface area contributed by atoms with Crippen molar-refractivity contribution in [3.63, 3.8) is 0 Å². The van der Waals surface area contributed by atoms with Crippen LogP contribution in [-0.2, 0) is 20.7 Å². The van der Waals surface area contributed by atoms with Gasteiger partial charge in [-0.3, -0.25) is 4.90 Å². The molecule has 2 aromatic rings. The topological polar surface area (TPSA) is 54.6 Å². The summed E-state index contributed by atoms with van der Waals surface area (Å²) in [5.74, 6) is 0.258. The van der Waals surface area contributed by atoms with Gasteiger partial charge in [0, 0.05) is 41.5 Å². The number of piperidine rings is 1. The minimum atomic E-state index is -0.256. The maximum atomic E-state index is 12.3. The first kappa shape index (κ1) is 15.9. The van der Waals surface area contributed by atoms with E-state index in [0.29, 0.717) is 17.5 Å². The van der Waals surface area contributed by atoms with Gasteiger partial charge in [0.25, 0.3) is 0 Å². The van der Waals surface area contributed by atoms with Crippen LogP contribution in [0.4, 0.5) is 0 Å². The summed E-state index contributed by atoms with van der Waals surface area (Å²) in [5, 5.41) is 1.34. The van der Waals surface area contributed by atoms with E-state index < -0.39 is 0 Å². The standard InChI is InChI=1S/C21H24N2O3/c1-12-16-10-23-8-7-14-13-5-3-4-6-18(13)22-20(14)19(23)9-15(16)17(11-26-12)21(24)25-2/h3-6,11-12,15-16,19,22H,7-10H2,1-2H3/t12-,15+,16-,19+/m0/s1. The predicted octanol–water partition coefficient (Wildman–Crippen LogP) is 3.18. The number of aromatic nitrogens is 1. The van der Waals surface area contributed by atoms with E-state index in [-0.39, 0.29) is 18.0 Å². The highest BCUT2D eigenvalue weighted by Gasteiger charge is 2.46. The van der Waals surface area contributed by atoms with E-state index in [0.717, 1.165) is 25.9 Å². The third-order valence-corrected chi connectivity index (χ3v) is 6.54. The number of fused-ring (bicyclic) bond motifs is 6. The van der Waals surface area contributed by atoms with Gasteiger partial charge in [0.1, 0.15) is 0 Å². The van der Waals surface area contributed by atoms with Crippen molar-refractivity contribution in [2.75, 3.05) is 20.2 Å². The van der Waals surface area contributed by atoms with E-state index in [1.807, 2.05) is 0 Å². The minimum Gasteiger partial charge on any atom is -0.497 e. The Bertz CT molecular complexity index is 900. The average molecular weight is 352 g/mol. The zero-order chi connectivity index (χ0) is 17.8. The summed E-state index contributed by atoms with van der Waals surface area (Å²) in [4.78, 5) is 18.5. The first-order valence-electron chi connectivity index (χ1n) is 9.44. The number of nitrogens with one attached hydrogen (secondary N) is 1. The molecular formula is C21H24N2O3. The number of methoxy groups -OCH3 is 1. The zero-order valence-electron chi connectivity index (χ0n) is 15.2. The molecule has 3 aliphatic rings. The summed E-state index contributed by atoms with van der Waals surface area (Å²) in [6, 6.07) is 8.88. The monoisotopic (exact) mass is 352 g/mol. The van der Waals surface area contributed by atoms with Crippen LogP contribution in [0.2, 0.25) is 0 Å². The van der Waals surface area contributed by atoms with Crippen LogP contribution in [0.25, 0.3) is 10.9 Å². The van der Waals surface area contributed by atoms with Gasteiger partial charge in [-0.2, -0.15) is 0 Å². The molecule has 0 saturated carbocycles. The fraction of sp³-hybridized carbons (Fsp3) is 0.476. The molecule has 5 heteroatoms. The van der Waals surface area contributed by atoms with Gasteiger partial charge in [0.15, 0.2) is 0 Å². The molecule has 0 radical (unpaired) electrons. The van der Waals surface area contributed by atoms with E-state index in [9.17, 15) is 4.79 Å². The molecule has 0 amide bonds. The Kier molecular flexibility index (Phi) is 3.60. The molecule has 5 nitrogen and oxygen atoms in total. The van der Waals surface area contributed by atoms with E-state index >= 15 is 0 Å². The van der Waals surface area contributed by atoms with Crippen molar-refractivity contribution in [2.45, 2.75) is 31.9 Å². The van der Waals surface area contributed by atoms with Crippen LogP contribution < -0.4 is 0 Å². The van der Waals surface area contributed by atoms with Gasteiger partial charge in [-0.1, -0.05) is 18.2 Å². The number of esters is 1. The molecule has 4 atom stereocenters. The van der Waals surface area contributed by atoms with Crippen molar-refractivity contribution in [2.24, 2.45) is 11.8 Å². The van der Waals surface area contributed by atoms with Crippen LogP contribution in [0.15, 0.2) is 36.1 Å². The third kappa shape index (κ3) is 2.23. The number of para-hydroxylation sites is 1. The number of carbonyl (C=O) groups excluding carboxylic acids is 1. The number of rotatable bonds is 1. The number of ether oxygens (including phenoxy) is 2. The molecule has 0 spiro atoms. The molecule has 0 unspecified atom stereocenters. The molecule has 4 heterocycles. The number of carbonyl (C=O) groups is 1. The Labute approximate surface area is 153 Å². The second-order valence-corrected chi connectivity index (χ2v) is 7.74. The van der Waals surface area contributed by atoms with Crippen LogP contribution in [0, 0.1) is 11.8 Å². The highest BCUT2D eigenvalue weighted by atomic mass is 16.5. The third-order valence-electron chi connectivity index (χ3n) is 6.54. The number of hydrogen-bond donors (Lipinski definition) is 1. The van der Waals surface area contributed by atoms with Crippen molar-refractivity contribution >= 4 is 16.9 Å². The normalized spacial score (nSPS) is 30.6. The Morgan fingerprint density at radius 3 is 3.04 bits per heavy atom. The Morgan fingerprint density at radius 1 is 1.35 bits per heavy atom. The molecule has 3 aliphatic heterocycles. The fourth-order valence-corrected chi connectivity index (χ4v) is 5.19. The molecule has 1 aromatic carbocycles. The molecular weight excluding hydrogens is 328 g/mol. The molecule has 1 N–H and O–H groups in total. The molecule has 1 saturated heterocycles. The van der Waals surface area contributed by atoms with E-state index in [1.54, 1.807) is 6.26 Å². The van der Waals surface area contributed by atoms with Crippen LogP contribution in [0.3, 0.4) is 0 Å². The van der Waals surface area contributed by atoms with Crippen molar-refractivity contribution in [1.82, 2.24) is 9.88 Å². The number of nitrogens with zero attached hydrogens (tertiary/aromatic N) is 1. The predicted molar refractivity (Wildman–Crippen MR) is 98.6 cm³/mol. The molecule has 26 heavy (non-hydrogen) atoms. The van der Waals surface area contributed by atoms with Crippen LogP contribution in [-0.4, -0.2) is 42.2 Å². The summed E-state index contributed by atoms with van der Waals surface area (Å²) in [7, 11) is 1.45. The maximum absolute atomic E-state index is 12.3. The van der Waals surface area contributed by atoms with Gasteiger partial charge < -0.3 is 14.5 Å². The summed E-state index contributed by atoms with van der Waals surface area (Å²) in [6.45, 7) is 4.13. The number of H-pyrrole nitrogens is 1. The highest BCUT2D eigenvalue weighted by Crippen LogP contribution is 2.47. The van der Waals surface area contributed by atoms with E-state index in [1.165, 1.54) is 29.3 Å². The van der Waals surface area contributed by atoms with E-state index in [4.69, 9.17) is 9.47 Å². The average Bonchev–Trinajstić information content (AvgIpc) is 3.06. The lowest BCUT2D eigenvalue weighted by Crippen LogP contribution is -2.51. The van der Waals surface area contributed by atoms with Crippen LogP contribution in [0.1, 0.15) is 30.6 Å². The second-order valence-electron chi connectivity index (χ2n) is 7.74. The quantitative estimate of drug-likeness (QED) is 0.801. The van der Waals surface area contributed by atoms with Gasteiger partial charge in [-0.15, -0.1) is 0 Å². The molecule has 0 bridgehead atoms. The molecule has 5 rings (SSSR count). The molecule has 0 aliphatic carbocycles. The van der Waals surface area contributed by atoms with Gasteiger partial charge in [0.2, 0.25) is 0 Å². The van der Waals surface area contributed by atoms with Crippen LogP contribution >= 0.6 is 0 Å². The van der Waals surface area contributed by atoms with Gasteiger partial charge in [-0.25, -0.2) is 4.79 Å². The maximum Gasteiger partial charge on any atom is 0.337 e. The fourth-order valence-electron chi connectivity index (χ4n) is 5.19. The molecule has 136 valence electrons. The number of benzene rings is 1. The summed E-state index contributed by atoms with van der Waals surface area (Å²) < 4.78 is 10.8. The van der Waals surface area contributed by atoms with Gasteiger partial charge >= 0.3 is 5.97 Å². The Morgan fingerprint density at radius 2 is 2.19 bits per heavy atom. The Balaban J connectivity index is 1.55. The van der Waals surface area contributed by atoms with Crippen molar-refractivity contribution in [3.05, 3.63) is 47.4 Å². The first-order valence-corrected chi connectivity index (χ1v) is 9.44. The van der Waals surface area contributed by atoms with Crippen molar-refractivity contribution < 1.29 is 14.3 Å². The zero-order valence-corrected chi connectivity index (χ0v) is 15.2. The minimum absolute atomic E-state index is 0.124. The van der Waals surface area contributed by atoms with Gasteiger partial charge in [0.05, 0.1) is 31.1 Å². The summed E-state index contributed by atoms with van der Waals surface area (Å²) >= 11 is 0. The van der Waals surface area contributed by atoms with E-state index in [2.05, 4.69) is 41.1 Å². The lowest BCUT2D eigenvalue weighted by atomic mass is 9.72. The molecule has 1 fully saturated rings. The number of hydrogen-bond acceptors (Lipinski definition) is 4. The summed E-state index contributed by atoms with van der Waals surface area (Å²) in [5.41, 5.74) is 4.69. The van der Waals surface area contributed by atoms with Crippen LogP contribution in [0.5, 0.6) is 0 Å². The summed E-state index contributed by atoms with van der Waals surface area (Å²) in [6.07, 6.45) is 3.77. The Hall–Kier alpha value is -2.27. The lowest BCUT2D eigenvalue weighted by molar-refractivity contribution is -0.139. The highest BCUT2D eigenvalue weighted by molar-refractivity contribution is 5.89. The SMILES string of the molecule is COC(=O)C1=CO[C@@H](C)[C@@H]2CN3CCc4c([nH]c5ccccc45)[C@H]3C[C@@H]12. The molecule has 1 aromatic heterocycles. The second kappa shape index (κ2) is 5.88. The van der Waals surface area contributed by atoms with Crippen molar-refractivity contribution in [1.29, 1.82) is 0 Å².